The maximum atomic E-state index is 11.8. The molecule has 1 aliphatic heterocycles. The van der Waals surface area contributed by atoms with E-state index < -0.39 is 0 Å². The zero-order valence-electron chi connectivity index (χ0n) is 13.4. The van der Waals surface area contributed by atoms with Crippen LogP contribution in [0.5, 0.6) is 0 Å². The average Bonchev–Trinajstić information content (AvgIpc) is 2.84. The van der Waals surface area contributed by atoms with Crippen LogP contribution in [0.4, 0.5) is 0 Å². The quantitative estimate of drug-likeness (QED) is 0.806. The van der Waals surface area contributed by atoms with Gasteiger partial charge in [0.25, 0.3) is 0 Å². The summed E-state index contributed by atoms with van der Waals surface area (Å²) in [6.45, 7) is 8.26. The molecule has 2 heterocycles. The predicted molar refractivity (Wildman–Crippen MR) is 84.1 cm³/mol. The molecule has 0 bridgehead atoms. The van der Waals surface area contributed by atoms with Gasteiger partial charge in [-0.05, 0) is 33.8 Å². The Morgan fingerprint density at radius 2 is 2.05 bits per heavy atom. The van der Waals surface area contributed by atoms with Crippen molar-refractivity contribution in [2.75, 3.05) is 0 Å². The minimum atomic E-state index is -0.113. The van der Waals surface area contributed by atoms with E-state index in [9.17, 15) is 4.79 Å². The molecule has 2 aromatic rings. The van der Waals surface area contributed by atoms with Crippen LogP contribution in [0.25, 0.3) is 11.1 Å². The number of fused-ring (bicyclic) bond motifs is 1. The smallest absolute Gasteiger partial charge is 0.248 e. The fourth-order valence-corrected chi connectivity index (χ4v) is 2.52. The number of rotatable bonds is 1. The second kappa shape index (κ2) is 5.16. The Hall–Kier alpha value is -2.30. The van der Waals surface area contributed by atoms with Crippen molar-refractivity contribution in [3.63, 3.8) is 0 Å². The van der Waals surface area contributed by atoms with Crippen molar-refractivity contribution in [1.29, 1.82) is 0 Å². The third-order valence-corrected chi connectivity index (χ3v) is 3.66. The molecule has 1 atom stereocenters. The maximum absolute atomic E-state index is 11.8. The molecule has 5 nitrogen and oxygen atoms in total. The lowest BCUT2D eigenvalue weighted by atomic mass is 10.1. The molecule has 0 spiro atoms. The summed E-state index contributed by atoms with van der Waals surface area (Å²) in [4.78, 5) is 20.7. The van der Waals surface area contributed by atoms with Gasteiger partial charge in [-0.15, -0.1) is 0 Å². The molecule has 0 radical (unpaired) electrons. The van der Waals surface area contributed by atoms with Gasteiger partial charge in [0, 0.05) is 17.3 Å². The molecule has 0 unspecified atom stereocenters. The summed E-state index contributed by atoms with van der Waals surface area (Å²) in [6.07, 6.45) is 4.21. The van der Waals surface area contributed by atoms with Gasteiger partial charge in [-0.25, -0.2) is 4.99 Å². The zero-order valence-corrected chi connectivity index (χ0v) is 13.4. The van der Waals surface area contributed by atoms with Crippen LogP contribution >= 0.6 is 0 Å². The van der Waals surface area contributed by atoms with E-state index in [1.165, 1.54) is 0 Å². The van der Waals surface area contributed by atoms with E-state index in [-0.39, 0.29) is 17.5 Å². The van der Waals surface area contributed by atoms with Crippen LogP contribution in [0.3, 0.4) is 0 Å². The third kappa shape index (κ3) is 2.71. The van der Waals surface area contributed by atoms with Crippen molar-refractivity contribution >= 4 is 5.91 Å². The van der Waals surface area contributed by atoms with Crippen molar-refractivity contribution in [1.82, 2.24) is 9.78 Å². The minimum absolute atomic E-state index is 0.0590. The van der Waals surface area contributed by atoms with Crippen molar-refractivity contribution in [3.05, 3.63) is 41.3 Å². The zero-order chi connectivity index (χ0) is 15.9. The first-order valence-electron chi connectivity index (χ1n) is 7.48. The second-order valence-corrected chi connectivity index (χ2v) is 6.71. The number of benzene rings is 1. The first-order chi connectivity index (χ1) is 10.3. The minimum Gasteiger partial charge on any atom is -0.279 e. The summed E-state index contributed by atoms with van der Waals surface area (Å²) in [5, 5.41) is 5.88. The third-order valence-electron chi connectivity index (χ3n) is 3.66. The number of para-hydroxylation sites is 1. The Kier molecular flexibility index (Phi) is 3.43. The molecule has 1 amide bonds. The largest absolute Gasteiger partial charge is 0.279 e. The molecule has 22 heavy (non-hydrogen) atoms. The fraction of sp³-hybridized carbons (Fsp3) is 0.412. The molecule has 0 saturated carbocycles. The summed E-state index contributed by atoms with van der Waals surface area (Å²) in [6, 6.07) is 5.69. The van der Waals surface area contributed by atoms with E-state index in [2.05, 4.69) is 35.9 Å². The van der Waals surface area contributed by atoms with Gasteiger partial charge >= 0.3 is 0 Å². The van der Waals surface area contributed by atoms with Gasteiger partial charge in [-0.2, -0.15) is 5.10 Å². The number of hydrogen-bond acceptors (Lipinski definition) is 3. The van der Waals surface area contributed by atoms with E-state index in [0.717, 1.165) is 16.5 Å². The van der Waals surface area contributed by atoms with E-state index in [1.807, 2.05) is 42.2 Å². The first-order valence-corrected chi connectivity index (χ1v) is 7.48. The molecule has 0 N–H and O–H groups in total. The van der Waals surface area contributed by atoms with E-state index in [1.54, 1.807) is 0 Å². The highest BCUT2D eigenvalue weighted by atomic mass is 16.1. The van der Waals surface area contributed by atoms with Crippen LogP contribution < -0.4 is 10.7 Å². The highest BCUT2D eigenvalue weighted by Gasteiger charge is 2.17. The van der Waals surface area contributed by atoms with Crippen molar-refractivity contribution in [2.45, 2.75) is 45.7 Å². The molecule has 5 heteroatoms. The molecule has 1 aliphatic rings. The van der Waals surface area contributed by atoms with E-state index in [4.69, 9.17) is 0 Å². The average molecular weight is 296 g/mol. The Morgan fingerprint density at radius 1 is 1.27 bits per heavy atom. The van der Waals surface area contributed by atoms with Gasteiger partial charge in [0.15, 0.2) is 0 Å². The van der Waals surface area contributed by atoms with E-state index >= 15 is 0 Å². The molecule has 3 rings (SSSR count). The predicted octanol–water partition coefficient (Wildman–Crippen LogP) is 1.86. The van der Waals surface area contributed by atoms with Gasteiger partial charge in [0.2, 0.25) is 5.91 Å². The molecule has 1 aromatic carbocycles. The van der Waals surface area contributed by atoms with Crippen molar-refractivity contribution in [2.24, 2.45) is 9.98 Å². The van der Waals surface area contributed by atoms with Gasteiger partial charge in [0.05, 0.1) is 34.9 Å². The summed E-state index contributed by atoms with van der Waals surface area (Å²) in [5.41, 5.74) is 1.89. The SMILES string of the molecule is C[C@@H]1CC(=O)N=c2cccc(-c3cnn(C(C)(C)C)c3)c2=N1. The topological polar surface area (TPSA) is 59.6 Å². The van der Waals surface area contributed by atoms with Crippen LogP contribution in [0, 0.1) is 0 Å². The van der Waals surface area contributed by atoms with Crippen LogP contribution in [-0.2, 0) is 10.3 Å². The standard InChI is InChI=1S/C17H20N4O/c1-11-8-15(22)20-14-7-5-6-13(16(14)19-11)12-9-18-21(10-12)17(2,3)4/h5-7,9-11H,8H2,1-4H3/t11-/m1/s1. The summed E-state index contributed by atoms with van der Waals surface area (Å²) in [7, 11) is 0. The number of carbonyl (C=O) groups excluding carboxylic acids is 1. The van der Waals surface area contributed by atoms with Gasteiger partial charge < -0.3 is 0 Å². The number of nitrogens with zero attached hydrogens (tertiary/aromatic N) is 4. The van der Waals surface area contributed by atoms with Crippen LogP contribution in [0.15, 0.2) is 40.6 Å². The molecule has 0 aliphatic carbocycles. The van der Waals surface area contributed by atoms with E-state index in [0.29, 0.717) is 11.8 Å². The van der Waals surface area contributed by atoms with Crippen LogP contribution in [0.1, 0.15) is 34.1 Å². The van der Waals surface area contributed by atoms with Gasteiger partial charge in [0.1, 0.15) is 0 Å². The second-order valence-electron chi connectivity index (χ2n) is 6.71. The fourth-order valence-electron chi connectivity index (χ4n) is 2.52. The summed E-state index contributed by atoms with van der Waals surface area (Å²) >= 11 is 0. The number of amides is 1. The van der Waals surface area contributed by atoms with Crippen molar-refractivity contribution in [3.8, 4) is 11.1 Å². The molecule has 0 saturated heterocycles. The summed E-state index contributed by atoms with van der Waals surface area (Å²) < 4.78 is 1.93. The number of carbonyl (C=O) groups is 1. The molecule has 114 valence electrons. The Labute approximate surface area is 129 Å². The lowest BCUT2D eigenvalue weighted by molar-refractivity contribution is -0.118. The Balaban J connectivity index is 2.22. The van der Waals surface area contributed by atoms with Crippen LogP contribution in [-0.4, -0.2) is 21.7 Å². The first kappa shape index (κ1) is 14.6. The number of hydrogen-bond donors (Lipinski definition) is 0. The monoisotopic (exact) mass is 296 g/mol. The normalized spacial score (nSPS) is 18.2. The van der Waals surface area contributed by atoms with Gasteiger partial charge in [-0.3, -0.25) is 14.5 Å². The molecule has 1 aromatic heterocycles. The highest BCUT2D eigenvalue weighted by Crippen LogP contribution is 2.19. The number of aromatic nitrogens is 2. The molecule has 0 fully saturated rings. The molecular formula is C17H20N4O. The summed E-state index contributed by atoms with van der Waals surface area (Å²) in [5.74, 6) is -0.113. The Morgan fingerprint density at radius 3 is 2.73 bits per heavy atom. The lowest BCUT2D eigenvalue weighted by Crippen LogP contribution is -2.27. The molecular weight excluding hydrogens is 276 g/mol. The van der Waals surface area contributed by atoms with Crippen molar-refractivity contribution < 1.29 is 4.79 Å². The maximum Gasteiger partial charge on any atom is 0.248 e. The Bertz CT molecular complexity index is 842. The highest BCUT2D eigenvalue weighted by molar-refractivity contribution is 5.78. The van der Waals surface area contributed by atoms with Gasteiger partial charge in [-0.1, -0.05) is 12.1 Å². The lowest BCUT2D eigenvalue weighted by Gasteiger charge is -2.18. The van der Waals surface area contributed by atoms with Crippen LogP contribution in [0.2, 0.25) is 0 Å².